The van der Waals surface area contributed by atoms with E-state index in [-0.39, 0.29) is 24.2 Å². The Bertz CT molecular complexity index is 1010. The molecule has 0 atom stereocenters. The fraction of sp³-hybridized carbons (Fsp3) is 0.190. The van der Waals surface area contributed by atoms with E-state index in [9.17, 15) is 9.18 Å². The van der Waals surface area contributed by atoms with Crippen LogP contribution in [0.3, 0.4) is 0 Å². The minimum atomic E-state index is -0.351. The van der Waals surface area contributed by atoms with E-state index in [1.807, 2.05) is 18.2 Å². The number of carbonyl (C=O) groups is 1. The molecule has 3 aromatic rings. The van der Waals surface area contributed by atoms with Gasteiger partial charge in [-0.3, -0.25) is 4.79 Å². The Balaban J connectivity index is 1.27. The van der Waals surface area contributed by atoms with Crippen molar-refractivity contribution in [3.05, 3.63) is 77.2 Å². The Hall–Kier alpha value is -3.68. The van der Waals surface area contributed by atoms with Crippen LogP contribution < -0.4 is 20.1 Å². The van der Waals surface area contributed by atoms with Crippen LogP contribution in [0.4, 0.5) is 10.2 Å². The summed E-state index contributed by atoms with van der Waals surface area (Å²) in [6.07, 6.45) is 0.404. The van der Waals surface area contributed by atoms with Gasteiger partial charge in [0, 0.05) is 13.1 Å². The van der Waals surface area contributed by atoms with Gasteiger partial charge in [-0.2, -0.15) is 0 Å². The molecule has 2 aromatic carbocycles. The Kier molecular flexibility index (Phi) is 5.51. The van der Waals surface area contributed by atoms with Crippen molar-refractivity contribution in [2.75, 3.05) is 18.7 Å². The van der Waals surface area contributed by atoms with Crippen LogP contribution in [0.2, 0.25) is 0 Å². The molecule has 0 bridgehead atoms. The normalized spacial score (nSPS) is 11.9. The average molecular weight is 394 g/mol. The highest BCUT2D eigenvalue weighted by atomic mass is 19.1. The molecule has 0 aliphatic carbocycles. The van der Waals surface area contributed by atoms with Gasteiger partial charge in [0.05, 0.1) is 0 Å². The second-order valence-electron chi connectivity index (χ2n) is 6.44. The number of fused-ring (bicyclic) bond motifs is 1. The predicted octanol–water partition coefficient (Wildman–Crippen LogP) is 2.93. The van der Waals surface area contributed by atoms with E-state index in [1.165, 1.54) is 6.07 Å². The lowest BCUT2D eigenvalue weighted by Crippen LogP contribution is -2.27. The largest absolute Gasteiger partial charge is 0.454 e. The lowest BCUT2D eigenvalue weighted by molar-refractivity contribution is 0.0948. The van der Waals surface area contributed by atoms with Crippen molar-refractivity contribution in [3.63, 3.8) is 0 Å². The maximum absolute atomic E-state index is 13.6. The summed E-state index contributed by atoms with van der Waals surface area (Å²) >= 11 is 0. The third kappa shape index (κ3) is 4.60. The van der Waals surface area contributed by atoms with Crippen LogP contribution in [0.15, 0.2) is 54.6 Å². The zero-order valence-corrected chi connectivity index (χ0v) is 15.5. The van der Waals surface area contributed by atoms with E-state index >= 15 is 0 Å². The number of hydrogen-bond acceptors (Lipinski definition) is 6. The first-order valence-corrected chi connectivity index (χ1v) is 9.17. The maximum atomic E-state index is 13.6. The van der Waals surface area contributed by atoms with Crippen molar-refractivity contribution in [3.8, 4) is 11.5 Å². The molecular formula is C21H19FN4O3. The molecule has 0 unspecified atom stereocenters. The van der Waals surface area contributed by atoms with Crippen molar-refractivity contribution in [2.45, 2.75) is 13.0 Å². The zero-order chi connectivity index (χ0) is 20.1. The van der Waals surface area contributed by atoms with E-state index in [0.29, 0.717) is 30.9 Å². The van der Waals surface area contributed by atoms with Crippen LogP contribution in [-0.4, -0.2) is 29.4 Å². The van der Waals surface area contributed by atoms with Crippen molar-refractivity contribution in [1.82, 2.24) is 15.5 Å². The molecule has 1 aromatic heterocycles. The number of benzene rings is 2. The quantitative estimate of drug-likeness (QED) is 0.641. The van der Waals surface area contributed by atoms with E-state index in [1.54, 1.807) is 30.3 Å². The summed E-state index contributed by atoms with van der Waals surface area (Å²) in [7, 11) is 0. The number of halogens is 1. The molecule has 1 amide bonds. The van der Waals surface area contributed by atoms with Crippen molar-refractivity contribution in [1.29, 1.82) is 0 Å². The lowest BCUT2D eigenvalue weighted by Gasteiger charge is -2.08. The topological polar surface area (TPSA) is 85.4 Å². The summed E-state index contributed by atoms with van der Waals surface area (Å²) in [5.41, 5.74) is 1.76. The molecule has 2 heterocycles. The average Bonchev–Trinajstić information content (AvgIpc) is 3.22. The molecule has 4 rings (SSSR count). The zero-order valence-electron chi connectivity index (χ0n) is 15.5. The van der Waals surface area contributed by atoms with Gasteiger partial charge in [0.2, 0.25) is 6.79 Å². The fourth-order valence-electron chi connectivity index (χ4n) is 2.89. The monoisotopic (exact) mass is 394 g/mol. The van der Waals surface area contributed by atoms with Crippen molar-refractivity contribution < 1.29 is 18.7 Å². The van der Waals surface area contributed by atoms with Crippen LogP contribution in [0.5, 0.6) is 11.5 Å². The first-order valence-electron chi connectivity index (χ1n) is 9.17. The lowest BCUT2D eigenvalue weighted by atomic mass is 10.1. The van der Waals surface area contributed by atoms with Gasteiger partial charge >= 0.3 is 0 Å². The van der Waals surface area contributed by atoms with Gasteiger partial charge in [-0.25, -0.2) is 4.39 Å². The number of amides is 1. The van der Waals surface area contributed by atoms with Crippen molar-refractivity contribution >= 4 is 11.7 Å². The smallest absolute Gasteiger partial charge is 0.271 e. The molecule has 29 heavy (non-hydrogen) atoms. The van der Waals surface area contributed by atoms with E-state index in [4.69, 9.17) is 9.47 Å². The van der Waals surface area contributed by atoms with Crippen LogP contribution in [-0.2, 0) is 13.0 Å². The summed E-state index contributed by atoms with van der Waals surface area (Å²) in [6.45, 7) is 1.08. The first kappa shape index (κ1) is 18.7. The van der Waals surface area contributed by atoms with Gasteiger partial charge in [-0.15, -0.1) is 10.2 Å². The van der Waals surface area contributed by atoms with Crippen LogP contribution >= 0.6 is 0 Å². The molecule has 0 spiro atoms. The van der Waals surface area contributed by atoms with Crippen LogP contribution in [0.25, 0.3) is 0 Å². The summed E-state index contributed by atoms with van der Waals surface area (Å²) in [5, 5.41) is 13.8. The summed E-state index contributed by atoms with van der Waals surface area (Å²) in [6, 6.07) is 15.5. The van der Waals surface area contributed by atoms with Gasteiger partial charge in [-0.05, 0) is 47.9 Å². The SMILES string of the molecule is O=C(NCCc1ccccc1F)c1ccc(NCc2ccc3c(c2)OCO3)nn1. The second-order valence-corrected chi connectivity index (χ2v) is 6.44. The van der Waals surface area contributed by atoms with Gasteiger partial charge in [-0.1, -0.05) is 24.3 Å². The Morgan fingerprint density at radius 1 is 1.03 bits per heavy atom. The highest BCUT2D eigenvalue weighted by molar-refractivity contribution is 5.92. The Morgan fingerprint density at radius 2 is 1.90 bits per heavy atom. The number of aromatic nitrogens is 2. The number of hydrogen-bond donors (Lipinski definition) is 2. The highest BCUT2D eigenvalue weighted by Crippen LogP contribution is 2.32. The fourth-order valence-corrected chi connectivity index (χ4v) is 2.89. The number of rotatable bonds is 7. The highest BCUT2D eigenvalue weighted by Gasteiger charge is 2.13. The van der Waals surface area contributed by atoms with Gasteiger partial charge < -0.3 is 20.1 Å². The molecular weight excluding hydrogens is 375 g/mol. The van der Waals surface area contributed by atoms with E-state index < -0.39 is 0 Å². The van der Waals surface area contributed by atoms with E-state index in [2.05, 4.69) is 20.8 Å². The number of ether oxygens (including phenoxy) is 2. The third-order valence-electron chi connectivity index (χ3n) is 4.45. The molecule has 0 radical (unpaired) electrons. The summed E-state index contributed by atoms with van der Waals surface area (Å²) in [4.78, 5) is 12.2. The minimum absolute atomic E-state index is 0.201. The number of anilines is 1. The molecule has 1 aliphatic heterocycles. The first-order chi connectivity index (χ1) is 14.2. The van der Waals surface area contributed by atoms with Gasteiger partial charge in [0.1, 0.15) is 11.6 Å². The molecule has 0 fully saturated rings. The maximum Gasteiger partial charge on any atom is 0.271 e. The summed E-state index contributed by atoms with van der Waals surface area (Å²) in [5.74, 6) is 1.37. The molecule has 7 nitrogen and oxygen atoms in total. The number of carbonyl (C=O) groups excluding carboxylic acids is 1. The summed E-state index contributed by atoms with van der Waals surface area (Å²) < 4.78 is 24.2. The van der Waals surface area contributed by atoms with Crippen LogP contribution in [0, 0.1) is 5.82 Å². The second kappa shape index (κ2) is 8.55. The molecule has 8 heteroatoms. The van der Waals surface area contributed by atoms with E-state index in [0.717, 1.165) is 17.1 Å². The molecule has 0 saturated carbocycles. The third-order valence-corrected chi connectivity index (χ3v) is 4.45. The van der Waals surface area contributed by atoms with Gasteiger partial charge in [0.15, 0.2) is 17.2 Å². The molecule has 2 N–H and O–H groups in total. The minimum Gasteiger partial charge on any atom is -0.454 e. The number of nitrogens with zero attached hydrogens (tertiary/aromatic N) is 2. The number of nitrogens with one attached hydrogen (secondary N) is 2. The predicted molar refractivity (Wildman–Crippen MR) is 104 cm³/mol. The Labute approximate surface area is 166 Å². The molecule has 1 aliphatic rings. The standard InChI is InChI=1S/C21H19FN4O3/c22-16-4-2-1-3-15(16)9-10-23-21(27)17-6-8-20(26-25-17)24-12-14-5-7-18-19(11-14)29-13-28-18/h1-8,11H,9-10,12-13H2,(H,23,27)(H,24,26). The van der Waals surface area contributed by atoms with Gasteiger partial charge in [0.25, 0.3) is 5.91 Å². The molecule has 0 saturated heterocycles. The molecule has 148 valence electrons. The Morgan fingerprint density at radius 3 is 2.72 bits per heavy atom. The van der Waals surface area contributed by atoms with Crippen LogP contribution in [0.1, 0.15) is 21.6 Å². The van der Waals surface area contributed by atoms with Crippen molar-refractivity contribution in [2.24, 2.45) is 0 Å².